The fourth-order valence-electron chi connectivity index (χ4n) is 4.01. The van der Waals surface area contributed by atoms with Gasteiger partial charge >= 0.3 is 12.1 Å². The zero-order valence-corrected chi connectivity index (χ0v) is 18.1. The van der Waals surface area contributed by atoms with Gasteiger partial charge in [-0.25, -0.2) is 14.6 Å². The first-order chi connectivity index (χ1) is 16.1. The molecule has 0 fully saturated rings. The molecule has 1 amide bonds. The Hall–Kier alpha value is -4.13. The van der Waals surface area contributed by atoms with Crippen molar-refractivity contribution < 1.29 is 19.1 Å². The van der Waals surface area contributed by atoms with Crippen molar-refractivity contribution >= 4 is 17.9 Å². The lowest BCUT2D eigenvalue weighted by Crippen LogP contribution is -2.44. The van der Waals surface area contributed by atoms with E-state index < -0.39 is 18.1 Å². The van der Waals surface area contributed by atoms with E-state index in [1.807, 2.05) is 36.4 Å². The highest BCUT2D eigenvalue weighted by Gasteiger charge is 2.30. The number of esters is 1. The van der Waals surface area contributed by atoms with Gasteiger partial charge in [-0.3, -0.25) is 0 Å². The lowest BCUT2D eigenvalue weighted by atomic mass is 9.98. The van der Waals surface area contributed by atoms with Crippen LogP contribution in [0.4, 0.5) is 10.6 Å². The molecule has 1 heterocycles. The fourth-order valence-corrected chi connectivity index (χ4v) is 4.01. The zero-order valence-electron chi connectivity index (χ0n) is 18.1. The molecule has 4 rings (SSSR count). The molecule has 0 spiro atoms. The number of benzene rings is 2. The minimum atomic E-state index is -0.939. The van der Waals surface area contributed by atoms with E-state index >= 15 is 0 Å². The second kappa shape index (κ2) is 9.99. The normalized spacial score (nSPS) is 12.8. The standard InChI is InChI=1S/C26H25N3O4/c1-2-13-32-25(30)23(14-17-11-12-24(27)28-15-17)29-26(31)33-16-22-20-9-5-3-7-18(20)19-8-4-6-10-21(19)22/h2-12,15,22-23H,1,13-14,16H2,(H2,27,28)(H,29,31). The van der Waals surface area contributed by atoms with Crippen molar-refractivity contribution in [2.75, 3.05) is 18.9 Å². The number of nitrogens with two attached hydrogens (primary N) is 1. The summed E-state index contributed by atoms with van der Waals surface area (Å²) in [6.07, 6.45) is 2.52. The summed E-state index contributed by atoms with van der Waals surface area (Å²) in [5.74, 6) is -0.287. The van der Waals surface area contributed by atoms with Crippen LogP contribution in [0, 0.1) is 0 Å². The Morgan fingerprint density at radius 2 is 1.70 bits per heavy atom. The molecule has 1 unspecified atom stereocenters. The number of alkyl carbamates (subject to hydrolysis) is 1. The second-order valence-electron chi connectivity index (χ2n) is 7.74. The van der Waals surface area contributed by atoms with E-state index in [9.17, 15) is 9.59 Å². The van der Waals surface area contributed by atoms with E-state index in [0.717, 1.165) is 27.8 Å². The number of hydrogen-bond acceptors (Lipinski definition) is 6. The number of carbonyl (C=O) groups is 2. The van der Waals surface area contributed by atoms with Crippen LogP contribution in [0.3, 0.4) is 0 Å². The number of pyridine rings is 1. The van der Waals surface area contributed by atoms with E-state index in [2.05, 4.69) is 29.0 Å². The Morgan fingerprint density at radius 3 is 2.30 bits per heavy atom. The third-order valence-electron chi connectivity index (χ3n) is 5.55. The summed E-state index contributed by atoms with van der Waals surface area (Å²) in [5.41, 5.74) is 10.9. The third kappa shape index (κ3) is 5.03. The van der Waals surface area contributed by atoms with Crippen LogP contribution >= 0.6 is 0 Å². The molecule has 1 aromatic heterocycles. The van der Waals surface area contributed by atoms with Crippen molar-refractivity contribution in [2.24, 2.45) is 0 Å². The first-order valence-corrected chi connectivity index (χ1v) is 10.7. The van der Waals surface area contributed by atoms with Crippen molar-refractivity contribution in [1.29, 1.82) is 0 Å². The van der Waals surface area contributed by atoms with Gasteiger partial charge in [0, 0.05) is 18.5 Å². The van der Waals surface area contributed by atoms with Gasteiger partial charge in [0.25, 0.3) is 0 Å². The van der Waals surface area contributed by atoms with E-state index in [-0.39, 0.29) is 25.6 Å². The van der Waals surface area contributed by atoms with Crippen LogP contribution in [0.2, 0.25) is 0 Å². The van der Waals surface area contributed by atoms with Gasteiger partial charge in [-0.05, 0) is 33.9 Å². The number of ether oxygens (including phenoxy) is 2. The number of aromatic nitrogens is 1. The summed E-state index contributed by atoms with van der Waals surface area (Å²) < 4.78 is 10.7. The molecule has 2 aromatic carbocycles. The van der Waals surface area contributed by atoms with Crippen molar-refractivity contribution in [3.63, 3.8) is 0 Å². The second-order valence-corrected chi connectivity index (χ2v) is 7.74. The molecule has 1 aliphatic rings. The average molecular weight is 444 g/mol. The number of amides is 1. The maximum Gasteiger partial charge on any atom is 0.407 e. The number of nitrogen functional groups attached to an aromatic ring is 1. The fraction of sp³-hybridized carbons (Fsp3) is 0.192. The molecular weight excluding hydrogens is 418 g/mol. The quantitative estimate of drug-likeness (QED) is 0.405. The van der Waals surface area contributed by atoms with Gasteiger partial charge in [-0.1, -0.05) is 67.3 Å². The Labute approximate surface area is 192 Å². The zero-order chi connectivity index (χ0) is 23.2. The molecule has 0 saturated carbocycles. The van der Waals surface area contributed by atoms with Crippen LogP contribution in [0.25, 0.3) is 11.1 Å². The Morgan fingerprint density at radius 1 is 1.03 bits per heavy atom. The van der Waals surface area contributed by atoms with E-state index in [0.29, 0.717) is 5.82 Å². The van der Waals surface area contributed by atoms with Crippen molar-refractivity contribution in [3.05, 3.63) is 96.2 Å². The lowest BCUT2D eigenvalue weighted by molar-refractivity contribution is -0.144. The van der Waals surface area contributed by atoms with Gasteiger partial charge in [0.2, 0.25) is 0 Å². The molecule has 0 radical (unpaired) electrons. The summed E-state index contributed by atoms with van der Waals surface area (Å²) in [6.45, 7) is 3.74. The van der Waals surface area contributed by atoms with E-state index in [1.165, 1.54) is 6.08 Å². The summed E-state index contributed by atoms with van der Waals surface area (Å²) in [5, 5.41) is 2.63. The summed E-state index contributed by atoms with van der Waals surface area (Å²) in [4.78, 5) is 29.2. The van der Waals surface area contributed by atoms with Crippen LogP contribution < -0.4 is 11.1 Å². The van der Waals surface area contributed by atoms with Crippen molar-refractivity contribution in [3.8, 4) is 11.1 Å². The maximum atomic E-state index is 12.7. The van der Waals surface area contributed by atoms with Crippen molar-refractivity contribution in [2.45, 2.75) is 18.4 Å². The smallest absolute Gasteiger partial charge is 0.407 e. The summed E-state index contributed by atoms with van der Waals surface area (Å²) >= 11 is 0. The first kappa shape index (κ1) is 22.1. The van der Waals surface area contributed by atoms with Gasteiger partial charge in [0.15, 0.2) is 0 Å². The lowest BCUT2D eigenvalue weighted by Gasteiger charge is -2.19. The highest BCUT2D eigenvalue weighted by atomic mass is 16.6. The largest absolute Gasteiger partial charge is 0.460 e. The SMILES string of the molecule is C=CCOC(=O)C(Cc1ccc(N)nc1)NC(=O)OCC1c2ccccc2-c2ccccc21. The third-order valence-corrected chi connectivity index (χ3v) is 5.55. The number of rotatable bonds is 8. The van der Waals surface area contributed by atoms with Crippen LogP contribution in [0.15, 0.2) is 79.5 Å². The molecule has 1 aliphatic carbocycles. The highest BCUT2D eigenvalue weighted by molar-refractivity contribution is 5.82. The summed E-state index contributed by atoms with van der Waals surface area (Å²) in [7, 11) is 0. The van der Waals surface area contributed by atoms with E-state index in [1.54, 1.807) is 18.3 Å². The minimum absolute atomic E-state index is 0.0433. The van der Waals surface area contributed by atoms with Gasteiger partial charge in [0.1, 0.15) is 25.1 Å². The number of fused-ring (bicyclic) bond motifs is 3. The molecule has 7 nitrogen and oxygen atoms in total. The van der Waals surface area contributed by atoms with Gasteiger partial charge in [0.05, 0.1) is 0 Å². The van der Waals surface area contributed by atoms with Gasteiger partial charge in [-0.2, -0.15) is 0 Å². The number of hydrogen-bond donors (Lipinski definition) is 2. The molecule has 3 N–H and O–H groups in total. The Bertz CT molecular complexity index is 1110. The molecular formula is C26H25N3O4. The molecule has 0 saturated heterocycles. The van der Waals surface area contributed by atoms with Gasteiger partial charge in [-0.15, -0.1) is 0 Å². The van der Waals surface area contributed by atoms with Crippen LogP contribution in [-0.4, -0.2) is 36.3 Å². The molecule has 3 aromatic rings. The Balaban J connectivity index is 1.44. The monoisotopic (exact) mass is 443 g/mol. The topological polar surface area (TPSA) is 104 Å². The highest BCUT2D eigenvalue weighted by Crippen LogP contribution is 2.44. The summed E-state index contributed by atoms with van der Waals surface area (Å²) in [6, 6.07) is 18.6. The average Bonchev–Trinajstić information content (AvgIpc) is 3.16. The van der Waals surface area contributed by atoms with Crippen LogP contribution in [-0.2, 0) is 20.7 Å². The predicted molar refractivity (Wildman–Crippen MR) is 126 cm³/mol. The number of nitrogens with one attached hydrogen (secondary N) is 1. The molecule has 168 valence electrons. The molecule has 1 atom stereocenters. The first-order valence-electron chi connectivity index (χ1n) is 10.7. The van der Waals surface area contributed by atoms with Crippen molar-refractivity contribution in [1.82, 2.24) is 10.3 Å². The molecule has 7 heteroatoms. The molecule has 33 heavy (non-hydrogen) atoms. The minimum Gasteiger partial charge on any atom is -0.460 e. The van der Waals surface area contributed by atoms with Crippen LogP contribution in [0.1, 0.15) is 22.6 Å². The van der Waals surface area contributed by atoms with Crippen LogP contribution in [0.5, 0.6) is 0 Å². The molecule has 0 bridgehead atoms. The van der Waals surface area contributed by atoms with E-state index in [4.69, 9.17) is 15.2 Å². The van der Waals surface area contributed by atoms with Gasteiger partial charge < -0.3 is 20.5 Å². The predicted octanol–water partition coefficient (Wildman–Crippen LogP) is 3.84. The Kier molecular flexibility index (Phi) is 6.69. The molecule has 0 aliphatic heterocycles. The maximum absolute atomic E-state index is 12.7. The number of carbonyl (C=O) groups excluding carboxylic acids is 2. The number of nitrogens with zero attached hydrogens (tertiary/aromatic N) is 1. The number of anilines is 1.